The Labute approximate surface area is 287 Å². The monoisotopic (exact) mass is 660 g/mol. The summed E-state index contributed by atoms with van der Waals surface area (Å²) in [6, 6.07) is 0. The number of aliphatic hydroxyl groups is 1. The van der Waals surface area contributed by atoms with Crippen molar-refractivity contribution in [2.75, 3.05) is 26.4 Å². The lowest BCUT2D eigenvalue weighted by Gasteiger charge is -2.44. The molecule has 0 radical (unpaired) electrons. The first-order chi connectivity index (χ1) is 22.3. The number of carbonyl (C=O) groups is 2. The van der Waals surface area contributed by atoms with Gasteiger partial charge in [-0.2, -0.15) is 0 Å². The molecule has 47 heavy (non-hydrogen) atoms. The van der Waals surface area contributed by atoms with Crippen LogP contribution in [0, 0.1) is 29.1 Å². The van der Waals surface area contributed by atoms with Crippen LogP contribution in [-0.2, 0) is 23.8 Å². The maximum atomic E-state index is 12.3. The van der Waals surface area contributed by atoms with Gasteiger partial charge in [0, 0.05) is 19.8 Å². The fourth-order valence-corrected chi connectivity index (χ4v) is 8.71. The molecule has 0 spiro atoms. The average molecular weight is 660 g/mol. The lowest BCUT2D eigenvalue weighted by atomic mass is 9.60. The molecule has 7 nitrogen and oxygen atoms in total. The van der Waals surface area contributed by atoms with Crippen LogP contribution in [0.3, 0.4) is 0 Å². The minimum atomic E-state index is -0.556. The van der Waals surface area contributed by atoms with E-state index in [-0.39, 0.29) is 30.8 Å². The second-order valence-corrected chi connectivity index (χ2v) is 16.1. The molecule has 0 heterocycles. The molecule has 3 aliphatic carbocycles. The Morgan fingerprint density at radius 3 is 2.53 bits per heavy atom. The highest BCUT2D eigenvalue weighted by molar-refractivity contribution is 5.76. The normalized spacial score (nSPS) is 30.2. The van der Waals surface area contributed by atoms with Crippen LogP contribution >= 0.6 is 0 Å². The second kappa shape index (κ2) is 19.6. The van der Waals surface area contributed by atoms with Gasteiger partial charge in [-0.05, 0) is 127 Å². The largest absolute Gasteiger partial charge is 0.390 e. The van der Waals surface area contributed by atoms with E-state index < -0.39 is 5.60 Å². The zero-order valence-electron chi connectivity index (χ0n) is 31.0. The quantitative estimate of drug-likeness (QED) is 0.101. The van der Waals surface area contributed by atoms with Crippen LogP contribution in [0.1, 0.15) is 138 Å². The highest BCUT2D eigenvalue weighted by atomic mass is 16.5. The molecule has 3 rings (SSSR count). The van der Waals surface area contributed by atoms with Gasteiger partial charge in [0.25, 0.3) is 0 Å². The number of fused-ring (bicyclic) bond motifs is 1. The number of nitrogens with one attached hydrogen (secondary N) is 1. The van der Waals surface area contributed by atoms with E-state index in [0.29, 0.717) is 55.8 Å². The Hall–Kier alpha value is -1.54. The lowest BCUT2D eigenvalue weighted by molar-refractivity contribution is -0.124. The molecule has 3 saturated carbocycles. The van der Waals surface area contributed by atoms with Gasteiger partial charge in [-0.3, -0.25) is 4.79 Å². The van der Waals surface area contributed by atoms with E-state index in [1.165, 1.54) is 50.5 Å². The first kappa shape index (κ1) is 39.9. The van der Waals surface area contributed by atoms with Crippen LogP contribution in [0.25, 0.3) is 0 Å². The summed E-state index contributed by atoms with van der Waals surface area (Å²) in [4.78, 5) is 22.7. The van der Waals surface area contributed by atoms with Gasteiger partial charge in [-0.1, -0.05) is 56.9 Å². The van der Waals surface area contributed by atoms with Crippen molar-refractivity contribution >= 4 is 12.2 Å². The Kier molecular flexibility index (Phi) is 16.6. The predicted molar refractivity (Wildman–Crippen MR) is 190 cm³/mol. The highest BCUT2D eigenvalue weighted by Crippen LogP contribution is 2.60. The van der Waals surface area contributed by atoms with Gasteiger partial charge < -0.3 is 29.4 Å². The van der Waals surface area contributed by atoms with Gasteiger partial charge in [0.1, 0.15) is 12.9 Å². The molecule has 3 fully saturated rings. The van der Waals surface area contributed by atoms with E-state index in [1.54, 1.807) is 5.57 Å². The highest BCUT2D eigenvalue weighted by Gasteiger charge is 2.50. The third kappa shape index (κ3) is 13.4. The summed E-state index contributed by atoms with van der Waals surface area (Å²) in [5.74, 6) is 2.81. The van der Waals surface area contributed by atoms with Crippen molar-refractivity contribution in [2.45, 2.75) is 162 Å². The van der Waals surface area contributed by atoms with E-state index in [9.17, 15) is 14.7 Å². The molecule has 0 bridgehead atoms. The summed E-state index contributed by atoms with van der Waals surface area (Å²) in [5, 5.41) is 13.2. The molecule has 0 saturated heterocycles. The minimum Gasteiger partial charge on any atom is -0.390 e. The molecule has 1 amide bonds. The van der Waals surface area contributed by atoms with E-state index in [1.807, 2.05) is 27.7 Å². The maximum Gasteiger partial charge on any atom is 0.222 e. The summed E-state index contributed by atoms with van der Waals surface area (Å²) in [6.07, 6.45) is 20.7. The summed E-state index contributed by atoms with van der Waals surface area (Å²) in [5.41, 5.74) is 3.07. The van der Waals surface area contributed by atoms with Crippen LogP contribution in [0.2, 0.25) is 0 Å². The number of rotatable bonds is 20. The van der Waals surface area contributed by atoms with Crippen molar-refractivity contribution in [3.63, 3.8) is 0 Å². The number of allylic oxidation sites excluding steroid dienone is 3. The predicted octanol–water partition coefficient (Wildman–Crippen LogP) is 8.13. The second-order valence-electron chi connectivity index (χ2n) is 16.1. The van der Waals surface area contributed by atoms with Crippen LogP contribution < -0.4 is 5.32 Å². The Morgan fingerprint density at radius 2 is 1.79 bits per heavy atom. The fourth-order valence-electron chi connectivity index (χ4n) is 8.71. The standard InChI is InChI=1S/C40H69NO6/c1-29-13-16-35(47-24-10-22-41-38(43)27-32(4)45-25-19-31(3)46-26-23-42)28-34(29)15-14-33-12-9-21-40(7)36(17-18-37(33)40)30(2)11-8-20-39(5,6)44/h14-15,23,29-32,35-37,44H,8-13,16-22,24-28H2,1-7H3,(H,41,43)/b33-14+,34-15-/t29?,30-,31+,32?,35+,36-,37+,40?/m1/s1. The molecule has 0 aliphatic heterocycles. The summed E-state index contributed by atoms with van der Waals surface area (Å²) in [7, 11) is 0. The topological polar surface area (TPSA) is 94.1 Å². The zero-order chi connectivity index (χ0) is 34.5. The first-order valence-corrected chi connectivity index (χ1v) is 19.0. The van der Waals surface area contributed by atoms with Crippen molar-refractivity contribution in [3.05, 3.63) is 23.3 Å². The number of hydrogen-bond acceptors (Lipinski definition) is 6. The van der Waals surface area contributed by atoms with E-state index in [0.717, 1.165) is 44.3 Å². The summed E-state index contributed by atoms with van der Waals surface area (Å²) < 4.78 is 17.4. The molecule has 8 atom stereocenters. The maximum absolute atomic E-state index is 12.3. The molecular weight excluding hydrogens is 590 g/mol. The van der Waals surface area contributed by atoms with Crippen molar-refractivity contribution in [1.29, 1.82) is 0 Å². The molecule has 3 unspecified atom stereocenters. The molecule has 0 aromatic rings. The van der Waals surface area contributed by atoms with Gasteiger partial charge in [0.05, 0.1) is 30.3 Å². The van der Waals surface area contributed by atoms with E-state index in [2.05, 4.69) is 38.2 Å². The third-order valence-electron chi connectivity index (χ3n) is 11.5. The molecule has 2 N–H and O–H groups in total. The number of amides is 1. The lowest BCUT2D eigenvalue weighted by Crippen LogP contribution is -2.36. The van der Waals surface area contributed by atoms with Crippen molar-refractivity contribution in [2.24, 2.45) is 29.1 Å². The number of ether oxygens (including phenoxy) is 3. The number of hydrogen-bond donors (Lipinski definition) is 2. The summed E-state index contributed by atoms with van der Waals surface area (Å²) >= 11 is 0. The average Bonchev–Trinajstić information content (AvgIpc) is 3.36. The van der Waals surface area contributed by atoms with Crippen molar-refractivity contribution in [1.82, 2.24) is 5.32 Å². The van der Waals surface area contributed by atoms with Gasteiger partial charge in [-0.15, -0.1) is 0 Å². The van der Waals surface area contributed by atoms with E-state index in [4.69, 9.17) is 14.2 Å². The zero-order valence-corrected chi connectivity index (χ0v) is 31.0. The summed E-state index contributed by atoms with van der Waals surface area (Å²) in [6.45, 7) is 17.0. The van der Waals surface area contributed by atoms with Gasteiger partial charge in [-0.25, -0.2) is 0 Å². The van der Waals surface area contributed by atoms with Crippen LogP contribution in [0.4, 0.5) is 0 Å². The fraction of sp³-hybridized carbons (Fsp3) is 0.850. The number of carbonyl (C=O) groups excluding carboxylic acids is 2. The smallest absolute Gasteiger partial charge is 0.222 e. The van der Waals surface area contributed by atoms with Crippen LogP contribution in [-0.4, -0.2) is 67.6 Å². The molecule has 0 aromatic heterocycles. The van der Waals surface area contributed by atoms with Gasteiger partial charge in [0.2, 0.25) is 5.91 Å². The van der Waals surface area contributed by atoms with Crippen molar-refractivity contribution < 1.29 is 28.9 Å². The van der Waals surface area contributed by atoms with Crippen LogP contribution in [0.15, 0.2) is 23.3 Å². The third-order valence-corrected chi connectivity index (χ3v) is 11.5. The SMILES string of the molecule is CC(CC(=O)NCCCO[C@H]1CCC(C)/C(=C\C=C2/CCCC3(C)[C@@H]([C@H](C)CCCC(C)(C)O)CC[C@@H]23)C1)OCC[C@H](C)OCC=O. The molecule has 0 aromatic carbocycles. The first-order valence-electron chi connectivity index (χ1n) is 19.0. The number of aldehydes is 1. The van der Waals surface area contributed by atoms with Crippen molar-refractivity contribution in [3.8, 4) is 0 Å². The van der Waals surface area contributed by atoms with Gasteiger partial charge in [0.15, 0.2) is 0 Å². The van der Waals surface area contributed by atoms with E-state index >= 15 is 0 Å². The Balaban J connectivity index is 1.39. The molecule has 3 aliphatic rings. The molecular formula is C40H69NO6. The molecule has 7 heteroatoms. The van der Waals surface area contributed by atoms with Crippen LogP contribution in [0.5, 0.6) is 0 Å². The minimum absolute atomic E-state index is 0.0000858. The Bertz CT molecular complexity index is 1020. The van der Waals surface area contributed by atoms with Gasteiger partial charge >= 0.3 is 0 Å². The Morgan fingerprint density at radius 1 is 1.02 bits per heavy atom. The molecule has 270 valence electrons.